The van der Waals surface area contributed by atoms with Crippen molar-refractivity contribution >= 4 is 17.5 Å². The number of aromatic amines is 1. The lowest BCUT2D eigenvalue weighted by Gasteiger charge is -2.03. The molecule has 3 aromatic rings. The molecular weight excluding hydrogens is 292 g/mol. The third-order valence-corrected chi connectivity index (χ3v) is 3.29. The topological polar surface area (TPSA) is 110 Å². The van der Waals surface area contributed by atoms with Crippen LogP contribution >= 0.6 is 0 Å². The van der Waals surface area contributed by atoms with Gasteiger partial charge in [-0.15, -0.1) is 0 Å². The molecule has 1 aromatic carbocycles. The largest absolute Gasteiger partial charge is 0.382 e. The van der Waals surface area contributed by atoms with Crippen LogP contribution in [0.15, 0.2) is 36.7 Å². The van der Waals surface area contributed by atoms with E-state index in [4.69, 9.17) is 5.73 Å². The van der Waals surface area contributed by atoms with Crippen LogP contribution in [-0.4, -0.2) is 26.1 Å². The lowest BCUT2D eigenvalue weighted by atomic mass is 10.1. The lowest BCUT2D eigenvalue weighted by molar-refractivity contribution is 0.102. The number of anilines is 2. The van der Waals surface area contributed by atoms with E-state index in [0.717, 1.165) is 22.4 Å². The molecule has 7 nitrogen and oxygen atoms in total. The maximum atomic E-state index is 12.1. The molecule has 116 valence electrons. The first-order chi connectivity index (χ1) is 11.0. The molecule has 7 heteroatoms. The fourth-order valence-corrected chi connectivity index (χ4v) is 2.36. The lowest BCUT2D eigenvalue weighted by Crippen LogP contribution is -2.16. The van der Waals surface area contributed by atoms with Crippen molar-refractivity contribution in [2.75, 3.05) is 11.1 Å². The summed E-state index contributed by atoms with van der Waals surface area (Å²) in [7, 11) is 0. The summed E-state index contributed by atoms with van der Waals surface area (Å²) in [6, 6.07) is 7.96. The number of carbonyl (C=O) groups is 1. The molecule has 0 radical (unpaired) electrons. The van der Waals surface area contributed by atoms with Gasteiger partial charge in [0.1, 0.15) is 0 Å². The first kappa shape index (κ1) is 14.7. The highest BCUT2D eigenvalue weighted by molar-refractivity contribution is 6.05. The molecule has 0 fully saturated rings. The van der Waals surface area contributed by atoms with Crippen LogP contribution in [0.2, 0.25) is 0 Å². The molecule has 0 saturated carbocycles. The van der Waals surface area contributed by atoms with Crippen LogP contribution in [0.5, 0.6) is 0 Å². The fourth-order valence-electron chi connectivity index (χ4n) is 2.36. The zero-order valence-corrected chi connectivity index (χ0v) is 12.8. The van der Waals surface area contributed by atoms with Gasteiger partial charge in [0.05, 0.1) is 5.69 Å². The molecule has 0 aliphatic heterocycles. The minimum atomic E-state index is -0.450. The van der Waals surface area contributed by atoms with E-state index < -0.39 is 5.91 Å². The fraction of sp³-hybridized carbons (Fsp3) is 0.125. The van der Waals surface area contributed by atoms with Crippen molar-refractivity contribution in [2.24, 2.45) is 0 Å². The molecule has 2 aromatic heterocycles. The minimum Gasteiger partial charge on any atom is -0.382 e. The van der Waals surface area contributed by atoms with Gasteiger partial charge in [-0.05, 0) is 26.0 Å². The maximum absolute atomic E-state index is 12.1. The number of nitrogens with one attached hydrogen (secondary N) is 2. The molecule has 0 bridgehead atoms. The van der Waals surface area contributed by atoms with Crippen molar-refractivity contribution in [3.05, 3.63) is 53.5 Å². The Kier molecular flexibility index (Phi) is 3.76. The van der Waals surface area contributed by atoms with Crippen molar-refractivity contribution in [1.82, 2.24) is 20.2 Å². The SMILES string of the molecule is Cc1cc(C)cc(-c2cc(NC(=O)c3nccnc3N)n[nH]2)c1. The summed E-state index contributed by atoms with van der Waals surface area (Å²) < 4.78 is 0. The summed E-state index contributed by atoms with van der Waals surface area (Å²) >= 11 is 0. The number of nitrogens with two attached hydrogens (primary N) is 1. The second-order valence-electron chi connectivity index (χ2n) is 5.29. The van der Waals surface area contributed by atoms with Gasteiger partial charge in [-0.3, -0.25) is 9.89 Å². The van der Waals surface area contributed by atoms with Crippen molar-refractivity contribution < 1.29 is 4.79 Å². The summed E-state index contributed by atoms with van der Waals surface area (Å²) in [5.41, 5.74) is 9.86. The molecule has 0 aliphatic carbocycles. The first-order valence-electron chi connectivity index (χ1n) is 7.05. The molecule has 3 rings (SSSR count). The van der Waals surface area contributed by atoms with E-state index in [2.05, 4.69) is 31.5 Å². The monoisotopic (exact) mass is 308 g/mol. The average Bonchev–Trinajstić information content (AvgIpc) is 2.95. The molecule has 0 aliphatic rings. The van der Waals surface area contributed by atoms with Gasteiger partial charge in [-0.25, -0.2) is 9.97 Å². The number of amides is 1. The quantitative estimate of drug-likeness (QED) is 0.688. The second-order valence-corrected chi connectivity index (χ2v) is 5.29. The van der Waals surface area contributed by atoms with Gasteiger partial charge < -0.3 is 11.1 Å². The summed E-state index contributed by atoms with van der Waals surface area (Å²) in [4.78, 5) is 19.9. The van der Waals surface area contributed by atoms with E-state index in [0.29, 0.717) is 5.82 Å². The Balaban J connectivity index is 1.82. The van der Waals surface area contributed by atoms with Crippen LogP contribution in [0.3, 0.4) is 0 Å². The Morgan fingerprint density at radius 2 is 1.78 bits per heavy atom. The minimum absolute atomic E-state index is 0.0726. The van der Waals surface area contributed by atoms with Crippen LogP contribution in [0.4, 0.5) is 11.6 Å². The van der Waals surface area contributed by atoms with Crippen molar-refractivity contribution in [3.63, 3.8) is 0 Å². The second kappa shape index (κ2) is 5.88. The summed E-state index contributed by atoms with van der Waals surface area (Å²) in [6.07, 6.45) is 2.84. The molecular formula is C16H16N6O. The van der Waals surface area contributed by atoms with Crippen LogP contribution in [-0.2, 0) is 0 Å². The number of hydrogen-bond acceptors (Lipinski definition) is 5. The smallest absolute Gasteiger partial charge is 0.279 e. The highest BCUT2D eigenvalue weighted by Gasteiger charge is 2.14. The van der Waals surface area contributed by atoms with Gasteiger partial charge in [0.2, 0.25) is 0 Å². The van der Waals surface area contributed by atoms with Crippen molar-refractivity contribution in [2.45, 2.75) is 13.8 Å². The van der Waals surface area contributed by atoms with E-state index in [9.17, 15) is 4.79 Å². The number of rotatable bonds is 3. The van der Waals surface area contributed by atoms with E-state index in [-0.39, 0.29) is 11.5 Å². The van der Waals surface area contributed by atoms with Crippen LogP contribution in [0.1, 0.15) is 21.6 Å². The van der Waals surface area contributed by atoms with Crippen LogP contribution in [0.25, 0.3) is 11.3 Å². The molecule has 23 heavy (non-hydrogen) atoms. The molecule has 0 saturated heterocycles. The number of benzene rings is 1. The third kappa shape index (κ3) is 3.18. The molecule has 0 spiro atoms. The Morgan fingerprint density at radius 1 is 1.09 bits per heavy atom. The molecule has 1 amide bonds. The summed E-state index contributed by atoms with van der Waals surface area (Å²) in [6.45, 7) is 4.07. The maximum Gasteiger partial charge on any atom is 0.279 e. The zero-order chi connectivity index (χ0) is 16.4. The van der Waals surface area contributed by atoms with Gasteiger partial charge in [-0.1, -0.05) is 17.2 Å². The molecule has 0 unspecified atom stereocenters. The Bertz CT molecular complexity index is 850. The normalized spacial score (nSPS) is 10.5. The highest BCUT2D eigenvalue weighted by atomic mass is 16.2. The Morgan fingerprint density at radius 3 is 2.48 bits per heavy atom. The van der Waals surface area contributed by atoms with E-state index in [1.54, 1.807) is 6.07 Å². The van der Waals surface area contributed by atoms with E-state index in [1.807, 2.05) is 26.0 Å². The number of H-pyrrole nitrogens is 1. The number of aryl methyl sites for hydroxylation is 2. The number of hydrogen-bond donors (Lipinski definition) is 3. The van der Waals surface area contributed by atoms with Crippen molar-refractivity contribution in [3.8, 4) is 11.3 Å². The number of aromatic nitrogens is 4. The Labute approximate surface area is 133 Å². The molecule has 4 N–H and O–H groups in total. The highest BCUT2D eigenvalue weighted by Crippen LogP contribution is 2.22. The first-order valence-corrected chi connectivity index (χ1v) is 7.05. The average molecular weight is 308 g/mol. The number of nitrogen functional groups attached to an aromatic ring is 1. The summed E-state index contributed by atoms with van der Waals surface area (Å²) in [5.74, 6) is 0.0263. The van der Waals surface area contributed by atoms with Gasteiger partial charge in [-0.2, -0.15) is 5.10 Å². The Hall–Kier alpha value is -3.22. The van der Waals surface area contributed by atoms with E-state index >= 15 is 0 Å². The van der Waals surface area contributed by atoms with Crippen molar-refractivity contribution in [1.29, 1.82) is 0 Å². The number of nitrogens with zero attached hydrogens (tertiary/aromatic N) is 3. The standard InChI is InChI=1S/C16H16N6O/c1-9-5-10(2)7-11(6-9)12-8-13(22-21-12)20-16(23)14-15(17)19-4-3-18-14/h3-8H,1-2H3,(H2,17,19)(H2,20,21,22,23). The number of carbonyl (C=O) groups excluding carboxylic acids is 1. The van der Waals surface area contributed by atoms with Gasteiger partial charge >= 0.3 is 0 Å². The van der Waals surface area contributed by atoms with Crippen LogP contribution in [0, 0.1) is 13.8 Å². The predicted octanol–water partition coefficient (Wildman–Crippen LogP) is 2.32. The third-order valence-electron chi connectivity index (χ3n) is 3.29. The molecule has 0 atom stereocenters. The molecule has 2 heterocycles. The zero-order valence-electron chi connectivity index (χ0n) is 12.8. The van der Waals surface area contributed by atoms with Gasteiger partial charge in [0.15, 0.2) is 17.3 Å². The van der Waals surface area contributed by atoms with Gasteiger partial charge in [0.25, 0.3) is 5.91 Å². The summed E-state index contributed by atoms with van der Waals surface area (Å²) in [5, 5.41) is 9.67. The predicted molar refractivity (Wildman–Crippen MR) is 87.9 cm³/mol. The van der Waals surface area contributed by atoms with Crippen LogP contribution < -0.4 is 11.1 Å². The van der Waals surface area contributed by atoms with Gasteiger partial charge in [0, 0.05) is 24.0 Å². The van der Waals surface area contributed by atoms with E-state index in [1.165, 1.54) is 12.4 Å².